The molecule has 0 unspecified atom stereocenters. The summed E-state index contributed by atoms with van der Waals surface area (Å²) in [6, 6.07) is 2.37. The summed E-state index contributed by atoms with van der Waals surface area (Å²) in [5, 5.41) is 9.04. The maximum absolute atomic E-state index is 11.0. The zero-order valence-corrected chi connectivity index (χ0v) is 10.1. The first kappa shape index (κ1) is 14.0. The molecule has 0 heterocycles. The Bertz CT molecular complexity index is 497. The largest absolute Gasteiger partial charge is 0.480 e. The van der Waals surface area contributed by atoms with Crippen LogP contribution in [-0.4, -0.2) is 37.0 Å². The van der Waals surface area contributed by atoms with E-state index in [1.807, 2.05) is 0 Å². The van der Waals surface area contributed by atoms with Crippen LogP contribution >= 0.6 is 11.6 Å². The second-order valence-corrected chi connectivity index (χ2v) is 3.60. The van der Waals surface area contributed by atoms with E-state index in [4.69, 9.17) is 21.4 Å². The molecule has 0 aliphatic carbocycles. The Morgan fingerprint density at radius 1 is 1.44 bits per heavy atom. The highest BCUT2D eigenvalue weighted by molar-refractivity contribution is 6.31. The second kappa shape index (κ2) is 6.02. The number of hydrogen-bond acceptors (Lipinski definition) is 5. The van der Waals surface area contributed by atoms with E-state index in [0.717, 1.165) is 13.2 Å². The summed E-state index contributed by atoms with van der Waals surface area (Å²) >= 11 is 5.67. The number of carboxylic acids is 1. The van der Waals surface area contributed by atoms with Gasteiger partial charge in [0.2, 0.25) is 0 Å². The molecule has 0 amide bonds. The smallest absolute Gasteiger partial charge is 0.343 e. The highest BCUT2D eigenvalue weighted by Crippen LogP contribution is 2.27. The highest BCUT2D eigenvalue weighted by atomic mass is 35.5. The molecule has 18 heavy (non-hydrogen) atoms. The van der Waals surface area contributed by atoms with Crippen molar-refractivity contribution in [3.63, 3.8) is 0 Å². The Morgan fingerprint density at radius 2 is 2.11 bits per heavy atom. The van der Waals surface area contributed by atoms with Crippen molar-refractivity contribution in [2.24, 2.45) is 0 Å². The summed E-state index contributed by atoms with van der Waals surface area (Å²) in [5.41, 5.74) is -0.350. The van der Waals surface area contributed by atoms with E-state index in [0.29, 0.717) is 6.29 Å². The van der Waals surface area contributed by atoms with Gasteiger partial charge in [0.15, 0.2) is 12.9 Å². The zero-order valence-electron chi connectivity index (χ0n) is 9.31. The van der Waals surface area contributed by atoms with Crippen LogP contribution in [0, 0.1) is 0 Å². The van der Waals surface area contributed by atoms with Crippen molar-refractivity contribution in [3.8, 4) is 5.75 Å². The monoisotopic (exact) mass is 272 g/mol. The molecule has 0 spiro atoms. The number of rotatable bonds is 5. The van der Waals surface area contributed by atoms with Gasteiger partial charge in [-0.1, -0.05) is 11.6 Å². The Morgan fingerprint density at radius 3 is 2.61 bits per heavy atom. The molecular weight excluding hydrogens is 264 g/mol. The van der Waals surface area contributed by atoms with Gasteiger partial charge in [-0.25, -0.2) is 9.59 Å². The number of esters is 1. The second-order valence-electron chi connectivity index (χ2n) is 3.16. The van der Waals surface area contributed by atoms with Crippen molar-refractivity contribution >= 4 is 29.8 Å². The lowest BCUT2D eigenvalue weighted by Gasteiger charge is -2.10. The highest BCUT2D eigenvalue weighted by Gasteiger charge is 2.18. The van der Waals surface area contributed by atoms with Crippen LogP contribution in [0.25, 0.3) is 0 Å². The first-order valence-corrected chi connectivity index (χ1v) is 5.09. The molecule has 0 aromatic heterocycles. The third kappa shape index (κ3) is 3.21. The maximum Gasteiger partial charge on any atom is 0.343 e. The van der Waals surface area contributed by atoms with E-state index in [-0.39, 0.29) is 21.9 Å². The molecule has 0 aliphatic rings. The van der Waals surface area contributed by atoms with Gasteiger partial charge in [-0.3, -0.25) is 4.79 Å². The Hall–Kier alpha value is -2.08. The number of aromatic carboxylic acids is 1. The van der Waals surface area contributed by atoms with Crippen molar-refractivity contribution in [2.45, 2.75) is 0 Å². The van der Waals surface area contributed by atoms with Crippen molar-refractivity contribution in [2.75, 3.05) is 13.7 Å². The minimum absolute atomic E-state index is 0.0520. The molecule has 0 atom stereocenters. The summed E-state index contributed by atoms with van der Waals surface area (Å²) in [5.74, 6) is -2.23. The quantitative estimate of drug-likeness (QED) is 0.644. The fourth-order valence-corrected chi connectivity index (χ4v) is 1.44. The predicted molar refractivity (Wildman–Crippen MR) is 61.3 cm³/mol. The molecule has 6 nitrogen and oxygen atoms in total. The summed E-state index contributed by atoms with van der Waals surface area (Å²) < 4.78 is 9.33. The van der Waals surface area contributed by atoms with Gasteiger partial charge in [-0.05, 0) is 12.1 Å². The van der Waals surface area contributed by atoms with Crippen LogP contribution < -0.4 is 4.74 Å². The summed E-state index contributed by atoms with van der Waals surface area (Å²) in [7, 11) is 1.16. The molecule has 0 saturated heterocycles. The standard InChI is InChI=1S/C11H9ClO6/c1-17-9(14)5-18-10-6(4-13)2-7(12)3-8(10)11(15)16/h2-4H,5H2,1H3,(H,15,16). The minimum atomic E-state index is -1.32. The van der Waals surface area contributed by atoms with Crippen LogP contribution in [0.15, 0.2) is 12.1 Å². The first-order valence-electron chi connectivity index (χ1n) is 4.71. The van der Waals surface area contributed by atoms with Crippen LogP contribution in [0.4, 0.5) is 0 Å². The maximum atomic E-state index is 11.0. The fourth-order valence-electron chi connectivity index (χ4n) is 1.21. The normalized spacial score (nSPS) is 9.67. The number of carbonyl (C=O) groups is 3. The SMILES string of the molecule is COC(=O)COc1c(C=O)cc(Cl)cc1C(=O)O. The molecule has 0 aliphatic heterocycles. The molecule has 96 valence electrons. The van der Waals surface area contributed by atoms with Gasteiger partial charge in [-0.15, -0.1) is 0 Å². The predicted octanol–water partition coefficient (Wildman–Crippen LogP) is 1.40. The van der Waals surface area contributed by atoms with Crippen LogP contribution in [-0.2, 0) is 9.53 Å². The lowest BCUT2D eigenvalue weighted by molar-refractivity contribution is -0.142. The molecule has 7 heteroatoms. The number of benzene rings is 1. The average Bonchev–Trinajstić information content (AvgIpc) is 2.35. The Balaban J connectivity index is 3.17. The molecular formula is C11H9ClO6. The zero-order chi connectivity index (χ0) is 13.7. The minimum Gasteiger partial charge on any atom is -0.480 e. The lowest BCUT2D eigenvalue weighted by atomic mass is 10.1. The molecule has 0 saturated carbocycles. The first-order chi connectivity index (χ1) is 8.49. The van der Waals surface area contributed by atoms with E-state index in [2.05, 4.69) is 4.74 Å². The van der Waals surface area contributed by atoms with Crippen molar-refractivity contribution in [3.05, 3.63) is 28.3 Å². The van der Waals surface area contributed by atoms with E-state index >= 15 is 0 Å². The molecule has 1 N–H and O–H groups in total. The van der Waals surface area contributed by atoms with Gasteiger partial charge >= 0.3 is 11.9 Å². The molecule has 1 aromatic rings. The van der Waals surface area contributed by atoms with Gasteiger partial charge in [0.1, 0.15) is 11.3 Å². The molecule has 0 radical (unpaired) electrons. The Kier molecular flexibility index (Phi) is 4.67. The van der Waals surface area contributed by atoms with Gasteiger partial charge in [0.05, 0.1) is 12.7 Å². The topological polar surface area (TPSA) is 89.9 Å². The number of ether oxygens (including phenoxy) is 2. The number of carboxylic acid groups (broad SMARTS) is 1. The molecule has 0 fully saturated rings. The lowest BCUT2D eigenvalue weighted by Crippen LogP contribution is -2.15. The van der Waals surface area contributed by atoms with Crippen molar-refractivity contribution in [1.29, 1.82) is 0 Å². The van der Waals surface area contributed by atoms with Crippen LogP contribution in [0.1, 0.15) is 20.7 Å². The van der Waals surface area contributed by atoms with E-state index < -0.39 is 18.5 Å². The number of halogens is 1. The number of aldehydes is 1. The average molecular weight is 273 g/mol. The van der Waals surface area contributed by atoms with Crippen LogP contribution in [0.5, 0.6) is 5.75 Å². The molecule has 0 bridgehead atoms. The third-order valence-electron chi connectivity index (χ3n) is 2.00. The van der Waals surface area contributed by atoms with Crippen LogP contribution in [0.2, 0.25) is 5.02 Å². The van der Waals surface area contributed by atoms with Crippen LogP contribution in [0.3, 0.4) is 0 Å². The number of methoxy groups -OCH3 is 1. The van der Waals surface area contributed by atoms with Gasteiger partial charge in [0, 0.05) is 5.02 Å². The van der Waals surface area contributed by atoms with E-state index in [1.54, 1.807) is 0 Å². The fraction of sp³-hybridized carbons (Fsp3) is 0.182. The number of carbonyl (C=O) groups excluding carboxylic acids is 2. The van der Waals surface area contributed by atoms with Gasteiger partial charge in [-0.2, -0.15) is 0 Å². The summed E-state index contributed by atoms with van der Waals surface area (Å²) in [6.45, 7) is -0.501. The van der Waals surface area contributed by atoms with Crippen molar-refractivity contribution < 1.29 is 29.0 Å². The van der Waals surface area contributed by atoms with Gasteiger partial charge in [0.25, 0.3) is 0 Å². The molecule has 1 rings (SSSR count). The summed E-state index contributed by atoms with van der Waals surface area (Å²) in [6.07, 6.45) is 0.394. The summed E-state index contributed by atoms with van der Waals surface area (Å²) in [4.78, 5) is 32.7. The van der Waals surface area contributed by atoms with E-state index in [1.165, 1.54) is 6.07 Å². The Labute approximate surface area is 107 Å². The molecule has 1 aromatic carbocycles. The van der Waals surface area contributed by atoms with Crippen molar-refractivity contribution in [1.82, 2.24) is 0 Å². The van der Waals surface area contributed by atoms with E-state index in [9.17, 15) is 14.4 Å². The number of hydrogen-bond donors (Lipinski definition) is 1. The third-order valence-corrected chi connectivity index (χ3v) is 2.22. The van der Waals surface area contributed by atoms with Gasteiger partial charge < -0.3 is 14.6 Å².